The van der Waals surface area contributed by atoms with Crippen molar-refractivity contribution in [2.24, 2.45) is 0 Å². The van der Waals surface area contributed by atoms with Crippen LogP contribution in [-0.4, -0.2) is 72.6 Å². The molecule has 128 valence electrons. The van der Waals surface area contributed by atoms with E-state index in [4.69, 9.17) is 9.47 Å². The van der Waals surface area contributed by atoms with E-state index in [1.165, 1.54) is 0 Å². The monoisotopic (exact) mass is 322 g/mol. The van der Waals surface area contributed by atoms with Crippen LogP contribution in [0.25, 0.3) is 0 Å². The first-order chi connectivity index (χ1) is 11.1. The van der Waals surface area contributed by atoms with Gasteiger partial charge < -0.3 is 19.7 Å². The van der Waals surface area contributed by atoms with Gasteiger partial charge in [-0.15, -0.1) is 0 Å². The van der Waals surface area contributed by atoms with E-state index < -0.39 is 0 Å². The second-order valence-electron chi connectivity index (χ2n) is 6.29. The second kappa shape index (κ2) is 7.49. The molecule has 0 aliphatic carbocycles. The van der Waals surface area contributed by atoms with Crippen molar-refractivity contribution < 1.29 is 19.7 Å². The summed E-state index contributed by atoms with van der Waals surface area (Å²) < 4.78 is 10.7. The molecule has 3 rings (SSSR count). The molecule has 0 bridgehead atoms. The number of phenolic OH excluding ortho intramolecular Hbond substituents is 2. The smallest absolute Gasteiger partial charge is 0.126 e. The van der Waals surface area contributed by atoms with Gasteiger partial charge in [0.25, 0.3) is 0 Å². The van der Waals surface area contributed by atoms with Crippen molar-refractivity contribution >= 4 is 0 Å². The van der Waals surface area contributed by atoms with Gasteiger partial charge in [-0.25, -0.2) is 0 Å². The van der Waals surface area contributed by atoms with E-state index >= 15 is 0 Å². The summed E-state index contributed by atoms with van der Waals surface area (Å²) in [5.41, 5.74) is 2.33. The molecule has 2 heterocycles. The summed E-state index contributed by atoms with van der Waals surface area (Å²) in [6.07, 6.45) is 0. The van der Waals surface area contributed by atoms with Crippen LogP contribution in [0.1, 0.15) is 16.7 Å². The Balaban J connectivity index is 1.78. The van der Waals surface area contributed by atoms with Crippen molar-refractivity contribution in [2.75, 3.05) is 52.6 Å². The summed E-state index contributed by atoms with van der Waals surface area (Å²) in [6, 6.07) is 1.95. The molecule has 0 aromatic heterocycles. The molecule has 0 saturated carbocycles. The van der Waals surface area contributed by atoms with Crippen LogP contribution in [0.15, 0.2) is 6.07 Å². The van der Waals surface area contributed by atoms with Crippen molar-refractivity contribution in [2.45, 2.75) is 20.0 Å². The number of hydrogen-bond donors (Lipinski definition) is 2. The molecular weight excluding hydrogens is 296 g/mol. The minimum absolute atomic E-state index is 0.208. The van der Waals surface area contributed by atoms with Gasteiger partial charge in [-0.2, -0.15) is 0 Å². The fourth-order valence-corrected chi connectivity index (χ4v) is 3.18. The van der Waals surface area contributed by atoms with Crippen LogP contribution < -0.4 is 0 Å². The normalized spacial score (nSPS) is 20.7. The van der Waals surface area contributed by atoms with Crippen molar-refractivity contribution in [3.63, 3.8) is 0 Å². The predicted molar refractivity (Wildman–Crippen MR) is 86.7 cm³/mol. The predicted octanol–water partition coefficient (Wildman–Crippen LogP) is 1.07. The van der Waals surface area contributed by atoms with Gasteiger partial charge in [0, 0.05) is 56.0 Å². The average Bonchev–Trinajstić information content (AvgIpc) is 2.59. The van der Waals surface area contributed by atoms with Gasteiger partial charge in [0.15, 0.2) is 0 Å². The van der Waals surface area contributed by atoms with Crippen LogP contribution in [0.5, 0.6) is 11.5 Å². The van der Waals surface area contributed by atoms with E-state index in [1.807, 2.05) is 6.07 Å². The van der Waals surface area contributed by atoms with Gasteiger partial charge in [0.05, 0.1) is 26.4 Å². The molecule has 0 atom stereocenters. The number of benzene rings is 1. The first-order valence-electron chi connectivity index (χ1n) is 8.28. The summed E-state index contributed by atoms with van der Waals surface area (Å²) in [5.74, 6) is 0.416. The lowest BCUT2D eigenvalue weighted by Crippen LogP contribution is -2.36. The summed E-state index contributed by atoms with van der Waals surface area (Å²) in [7, 11) is 0. The fraction of sp³-hybridized carbons (Fsp3) is 0.647. The van der Waals surface area contributed by atoms with Gasteiger partial charge in [0.2, 0.25) is 0 Å². The summed E-state index contributed by atoms with van der Waals surface area (Å²) in [6.45, 7) is 9.58. The van der Waals surface area contributed by atoms with E-state index in [9.17, 15) is 10.2 Å². The molecule has 23 heavy (non-hydrogen) atoms. The van der Waals surface area contributed by atoms with Gasteiger partial charge >= 0.3 is 0 Å². The zero-order chi connectivity index (χ0) is 16.2. The van der Waals surface area contributed by atoms with Crippen LogP contribution in [0.2, 0.25) is 0 Å². The maximum absolute atomic E-state index is 10.4. The molecule has 1 aromatic carbocycles. The van der Waals surface area contributed by atoms with Crippen molar-refractivity contribution in [3.05, 3.63) is 22.8 Å². The summed E-state index contributed by atoms with van der Waals surface area (Å²) >= 11 is 0. The first kappa shape index (κ1) is 16.5. The third kappa shape index (κ3) is 3.95. The molecule has 2 N–H and O–H groups in total. The highest BCUT2D eigenvalue weighted by molar-refractivity contribution is 5.52. The Morgan fingerprint density at radius 2 is 1.22 bits per heavy atom. The zero-order valence-corrected chi connectivity index (χ0v) is 13.8. The number of aromatic hydroxyl groups is 2. The van der Waals surface area contributed by atoms with E-state index in [2.05, 4.69) is 9.80 Å². The van der Waals surface area contributed by atoms with Crippen LogP contribution in [-0.2, 0) is 22.6 Å². The molecule has 0 radical (unpaired) electrons. The highest BCUT2D eigenvalue weighted by Gasteiger charge is 2.20. The van der Waals surface area contributed by atoms with Gasteiger partial charge in [0.1, 0.15) is 11.5 Å². The molecule has 0 unspecified atom stereocenters. The Morgan fingerprint density at radius 1 is 0.826 bits per heavy atom. The first-order valence-corrected chi connectivity index (χ1v) is 8.28. The molecule has 2 saturated heterocycles. The van der Waals surface area contributed by atoms with E-state index in [0.717, 1.165) is 63.7 Å². The van der Waals surface area contributed by atoms with Gasteiger partial charge in [-0.1, -0.05) is 0 Å². The Kier molecular flexibility index (Phi) is 5.38. The minimum Gasteiger partial charge on any atom is -0.507 e. The number of morpholine rings is 2. The molecule has 2 aliphatic heterocycles. The van der Waals surface area contributed by atoms with Crippen molar-refractivity contribution in [3.8, 4) is 11.5 Å². The quantitative estimate of drug-likeness (QED) is 0.864. The summed E-state index contributed by atoms with van der Waals surface area (Å²) in [4.78, 5) is 4.54. The third-order valence-electron chi connectivity index (χ3n) is 4.66. The zero-order valence-electron chi connectivity index (χ0n) is 13.8. The molecule has 6 nitrogen and oxygen atoms in total. The molecule has 0 amide bonds. The average molecular weight is 322 g/mol. The Labute approximate surface area is 137 Å². The lowest BCUT2D eigenvalue weighted by atomic mass is 10.0. The van der Waals surface area contributed by atoms with Gasteiger partial charge in [-0.3, -0.25) is 9.80 Å². The van der Waals surface area contributed by atoms with Crippen LogP contribution >= 0.6 is 0 Å². The minimum atomic E-state index is 0.208. The molecular formula is C17H26N2O4. The Morgan fingerprint density at radius 3 is 1.61 bits per heavy atom. The topological polar surface area (TPSA) is 65.4 Å². The fourth-order valence-electron chi connectivity index (χ4n) is 3.18. The number of ether oxygens (including phenoxy) is 2. The maximum atomic E-state index is 10.4. The number of rotatable bonds is 4. The number of hydrogen-bond acceptors (Lipinski definition) is 6. The largest absolute Gasteiger partial charge is 0.507 e. The lowest BCUT2D eigenvalue weighted by Gasteiger charge is -2.29. The van der Waals surface area contributed by atoms with Crippen LogP contribution in [0, 0.1) is 6.92 Å². The number of phenols is 2. The van der Waals surface area contributed by atoms with Crippen molar-refractivity contribution in [1.82, 2.24) is 9.80 Å². The lowest BCUT2D eigenvalue weighted by molar-refractivity contribution is 0.0329. The van der Waals surface area contributed by atoms with Crippen LogP contribution in [0.4, 0.5) is 0 Å². The van der Waals surface area contributed by atoms with Crippen molar-refractivity contribution in [1.29, 1.82) is 0 Å². The highest BCUT2D eigenvalue weighted by atomic mass is 16.5. The molecule has 2 fully saturated rings. The van der Waals surface area contributed by atoms with Gasteiger partial charge in [-0.05, 0) is 13.0 Å². The Hall–Kier alpha value is -1.34. The standard InChI is InChI=1S/C17H26N2O4/c1-13-16(20)14(11-18-2-6-22-7-3-18)10-15(17(13)21)12-19-4-8-23-9-5-19/h10,20-21H,2-9,11-12H2,1H3. The van der Waals surface area contributed by atoms with E-state index in [-0.39, 0.29) is 11.5 Å². The molecule has 1 aromatic rings. The second-order valence-corrected chi connectivity index (χ2v) is 6.29. The molecule has 2 aliphatic rings. The number of nitrogens with zero attached hydrogens (tertiary/aromatic N) is 2. The van der Waals surface area contributed by atoms with Crippen LogP contribution in [0.3, 0.4) is 0 Å². The third-order valence-corrected chi connectivity index (χ3v) is 4.66. The van der Waals surface area contributed by atoms with E-state index in [1.54, 1.807) is 6.92 Å². The molecule has 6 heteroatoms. The summed E-state index contributed by atoms with van der Waals surface area (Å²) in [5, 5.41) is 20.8. The maximum Gasteiger partial charge on any atom is 0.126 e. The highest BCUT2D eigenvalue weighted by Crippen LogP contribution is 2.35. The van der Waals surface area contributed by atoms with E-state index in [0.29, 0.717) is 18.7 Å². The Bertz CT molecular complexity index is 494. The SMILES string of the molecule is Cc1c(O)c(CN2CCOCC2)cc(CN2CCOCC2)c1O. The molecule has 0 spiro atoms.